The smallest absolute Gasteiger partial charge is 0.336 e. The summed E-state index contributed by atoms with van der Waals surface area (Å²) in [7, 11) is 0. The number of aryl methyl sites for hydroxylation is 2. The Balaban J connectivity index is 1.10. The monoisotopic (exact) mass is 893 g/mol. The van der Waals surface area contributed by atoms with Gasteiger partial charge in [0.05, 0.1) is 41.4 Å². The molecule has 1 N–H and O–H groups in total. The van der Waals surface area contributed by atoms with E-state index in [9.17, 15) is 23.6 Å². The molecule has 11 heteroatoms. The van der Waals surface area contributed by atoms with Gasteiger partial charge in [-0.15, -0.1) is 0 Å². The largest absolute Gasteiger partial charge is 0.352 e. The second kappa shape index (κ2) is 18.9. The first kappa shape index (κ1) is 44.3. The Labute approximate surface area is 387 Å². The molecule has 0 saturated carbocycles. The quantitative estimate of drug-likeness (QED) is 0.125. The maximum Gasteiger partial charge on any atom is 0.336 e. The highest BCUT2D eigenvalue weighted by Gasteiger charge is 2.37. The van der Waals surface area contributed by atoms with E-state index < -0.39 is 28.9 Å². The number of urea groups is 1. The molecule has 1 unspecified atom stereocenters. The van der Waals surface area contributed by atoms with Crippen molar-refractivity contribution in [2.45, 2.75) is 59.2 Å². The van der Waals surface area contributed by atoms with E-state index in [1.807, 2.05) is 86.6 Å². The second-order valence-corrected chi connectivity index (χ2v) is 16.9. The SMILES string of the molecule is CCc1ccc(N2C(=O)N(Cc3cc(F)cc(-c4cc(-n5c(=O)c6ccccc6n(Cc6cccc(F)c6)c5=O)ccc4CC)c3)c3cc(C(=O)NCCc4ccccc4)ccc3C2C)cc1. The molecule has 9 nitrogen and oxygen atoms in total. The predicted octanol–water partition coefficient (Wildman–Crippen LogP) is 11.0. The zero-order chi connectivity index (χ0) is 46.8. The van der Waals surface area contributed by atoms with E-state index in [0.717, 1.165) is 33.2 Å². The van der Waals surface area contributed by atoms with E-state index in [1.165, 1.54) is 28.8 Å². The maximum atomic E-state index is 16.1. The minimum Gasteiger partial charge on any atom is -0.352 e. The third-order valence-electron chi connectivity index (χ3n) is 12.6. The second-order valence-electron chi connectivity index (χ2n) is 16.9. The minimum atomic E-state index is -0.613. The van der Waals surface area contributed by atoms with E-state index in [4.69, 9.17) is 0 Å². The summed E-state index contributed by atoms with van der Waals surface area (Å²) < 4.78 is 32.9. The molecule has 8 aromatic rings. The van der Waals surface area contributed by atoms with Crippen LogP contribution in [0.15, 0.2) is 167 Å². The van der Waals surface area contributed by atoms with Crippen LogP contribution in [0.5, 0.6) is 0 Å². The molecule has 7 aromatic carbocycles. The first-order valence-electron chi connectivity index (χ1n) is 22.6. The van der Waals surface area contributed by atoms with E-state index in [0.29, 0.717) is 69.5 Å². The Bertz CT molecular complexity index is 3290. The number of anilines is 2. The summed E-state index contributed by atoms with van der Waals surface area (Å²) in [5.74, 6) is -1.26. The normalized spacial score (nSPS) is 13.5. The van der Waals surface area contributed by atoms with Crippen molar-refractivity contribution in [1.82, 2.24) is 14.5 Å². The van der Waals surface area contributed by atoms with E-state index in [1.54, 1.807) is 70.5 Å². The molecule has 2 heterocycles. The molecule has 0 fully saturated rings. The fraction of sp³-hybridized carbons (Fsp3) is 0.179. The lowest BCUT2D eigenvalue weighted by atomic mass is 9.94. The fourth-order valence-corrected chi connectivity index (χ4v) is 9.14. The van der Waals surface area contributed by atoms with Gasteiger partial charge in [0.25, 0.3) is 11.5 Å². The molecular formula is C56H49F2N5O4. The Hall–Kier alpha value is -7.92. The number of carbonyl (C=O) groups excluding carboxylic acids is 2. The van der Waals surface area contributed by atoms with Gasteiger partial charge in [0.2, 0.25) is 0 Å². The Kier molecular flexibility index (Phi) is 12.5. The Morgan fingerprint density at radius 3 is 2.13 bits per heavy atom. The summed E-state index contributed by atoms with van der Waals surface area (Å²) in [6, 6.07) is 45.1. The first-order valence-corrected chi connectivity index (χ1v) is 22.6. The van der Waals surface area contributed by atoms with E-state index in [-0.39, 0.29) is 30.7 Å². The third kappa shape index (κ3) is 8.92. The lowest BCUT2D eigenvalue weighted by Gasteiger charge is -2.41. The van der Waals surface area contributed by atoms with Gasteiger partial charge in [-0.05, 0) is 150 Å². The highest BCUT2D eigenvalue weighted by Crippen LogP contribution is 2.41. The van der Waals surface area contributed by atoms with Crippen LogP contribution < -0.4 is 26.4 Å². The van der Waals surface area contributed by atoms with Gasteiger partial charge >= 0.3 is 11.7 Å². The number of hydrogen-bond donors (Lipinski definition) is 1. The molecule has 0 radical (unpaired) electrons. The summed E-state index contributed by atoms with van der Waals surface area (Å²) in [5, 5.41) is 3.32. The first-order chi connectivity index (χ1) is 32.5. The molecular weight excluding hydrogens is 845 g/mol. The van der Waals surface area contributed by atoms with Crippen molar-refractivity contribution in [2.24, 2.45) is 0 Å². The zero-order valence-electron chi connectivity index (χ0n) is 37.5. The van der Waals surface area contributed by atoms with Crippen LogP contribution in [0, 0.1) is 11.6 Å². The summed E-state index contributed by atoms with van der Waals surface area (Å²) in [4.78, 5) is 60.5. The highest BCUT2D eigenvalue weighted by molar-refractivity contribution is 6.08. The maximum absolute atomic E-state index is 16.1. The lowest BCUT2D eigenvalue weighted by Crippen LogP contribution is -2.49. The van der Waals surface area contributed by atoms with Crippen molar-refractivity contribution in [1.29, 1.82) is 0 Å². The van der Waals surface area contributed by atoms with Crippen LogP contribution in [0.3, 0.4) is 0 Å². The lowest BCUT2D eigenvalue weighted by molar-refractivity contribution is 0.0954. The van der Waals surface area contributed by atoms with Crippen LogP contribution in [0.4, 0.5) is 25.0 Å². The number of amides is 3. The van der Waals surface area contributed by atoms with Crippen LogP contribution in [-0.2, 0) is 32.4 Å². The third-order valence-corrected chi connectivity index (χ3v) is 12.6. The van der Waals surface area contributed by atoms with Gasteiger partial charge in [-0.1, -0.05) is 92.7 Å². The molecule has 0 spiro atoms. The van der Waals surface area contributed by atoms with Gasteiger partial charge in [0.1, 0.15) is 11.6 Å². The van der Waals surface area contributed by atoms with Crippen molar-refractivity contribution in [3.05, 3.63) is 229 Å². The van der Waals surface area contributed by atoms with Crippen molar-refractivity contribution in [3.63, 3.8) is 0 Å². The molecule has 9 rings (SSSR count). The van der Waals surface area contributed by atoms with Crippen molar-refractivity contribution < 1.29 is 18.4 Å². The van der Waals surface area contributed by atoms with E-state index in [2.05, 4.69) is 12.2 Å². The summed E-state index contributed by atoms with van der Waals surface area (Å²) in [6.07, 6.45) is 2.05. The van der Waals surface area contributed by atoms with Crippen LogP contribution in [0.25, 0.3) is 27.7 Å². The van der Waals surface area contributed by atoms with Crippen LogP contribution in [0.2, 0.25) is 0 Å². The summed E-state index contributed by atoms with van der Waals surface area (Å²) in [5.41, 5.74) is 7.19. The fourth-order valence-electron chi connectivity index (χ4n) is 9.14. The number of rotatable bonds is 13. The van der Waals surface area contributed by atoms with Crippen molar-refractivity contribution in [3.8, 4) is 16.8 Å². The summed E-state index contributed by atoms with van der Waals surface area (Å²) in [6.45, 7) is 6.40. The van der Waals surface area contributed by atoms with Crippen molar-refractivity contribution >= 4 is 34.2 Å². The molecule has 1 aliphatic heterocycles. The topological polar surface area (TPSA) is 96.7 Å². The number of nitrogens with zero attached hydrogens (tertiary/aromatic N) is 4. The average molecular weight is 894 g/mol. The molecule has 336 valence electrons. The number of hydrogen-bond acceptors (Lipinski definition) is 4. The van der Waals surface area contributed by atoms with Gasteiger partial charge in [0, 0.05) is 17.8 Å². The standard InChI is InChI=1S/C56H49F2N5O4/c1-4-37-18-22-46(23-19-37)62-36(3)48-25-21-42(53(64)59-27-26-38-12-7-6-8-13-38)32-52(48)61(55(62)66)35-40-28-43(31-45(58)30-40)50-33-47(24-20-41(50)5-2)63-54(65)49-16-9-10-17-51(49)60(56(63)67)34-39-14-11-15-44(57)29-39/h6-25,28-33,36H,4-5,26-27,34-35H2,1-3H3,(H,59,64). The van der Waals surface area contributed by atoms with Gasteiger partial charge in [-0.25, -0.2) is 22.9 Å². The average Bonchev–Trinajstić information content (AvgIpc) is 3.34. The minimum absolute atomic E-state index is 0.0174. The van der Waals surface area contributed by atoms with Gasteiger partial charge in [-0.3, -0.25) is 24.0 Å². The number of carbonyl (C=O) groups is 2. The number of para-hydroxylation sites is 1. The number of aromatic nitrogens is 2. The molecule has 1 aliphatic rings. The van der Waals surface area contributed by atoms with Crippen molar-refractivity contribution in [2.75, 3.05) is 16.3 Å². The van der Waals surface area contributed by atoms with Crippen LogP contribution in [-0.4, -0.2) is 27.6 Å². The Morgan fingerprint density at radius 2 is 1.37 bits per heavy atom. The highest BCUT2D eigenvalue weighted by atomic mass is 19.1. The molecule has 67 heavy (non-hydrogen) atoms. The van der Waals surface area contributed by atoms with E-state index >= 15 is 4.39 Å². The molecule has 3 amide bonds. The number of halogens is 2. The number of benzene rings is 7. The Morgan fingerprint density at radius 1 is 0.642 bits per heavy atom. The molecule has 1 aromatic heterocycles. The van der Waals surface area contributed by atoms with Crippen LogP contribution >= 0.6 is 0 Å². The van der Waals surface area contributed by atoms with Gasteiger partial charge in [-0.2, -0.15) is 0 Å². The number of nitrogens with one attached hydrogen (secondary N) is 1. The molecule has 1 atom stereocenters. The zero-order valence-corrected chi connectivity index (χ0v) is 37.5. The summed E-state index contributed by atoms with van der Waals surface area (Å²) >= 11 is 0. The molecule has 0 bridgehead atoms. The van der Waals surface area contributed by atoms with Crippen LogP contribution in [0.1, 0.15) is 70.6 Å². The van der Waals surface area contributed by atoms with Gasteiger partial charge < -0.3 is 5.32 Å². The molecule has 0 aliphatic carbocycles. The predicted molar refractivity (Wildman–Crippen MR) is 261 cm³/mol. The molecule has 0 saturated heterocycles. The van der Waals surface area contributed by atoms with Gasteiger partial charge in [0.15, 0.2) is 0 Å². The number of fused-ring (bicyclic) bond motifs is 2.